The summed E-state index contributed by atoms with van der Waals surface area (Å²) in [5.41, 5.74) is 1.39. The smallest absolute Gasteiger partial charge is 0.407 e. The Morgan fingerprint density at radius 3 is 2.46 bits per heavy atom. The van der Waals surface area contributed by atoms with Crippen molar-refractivity contribution >= 4 is 12.1 Å². The number of hydrogen-bond donors (Lipinski definition) is 2. The van der Waals surface area contributed by atoms with Crippen LogP contribution in [0.15, 0.2) is 54.6 Å². The van der Waals surface area contributed by atoms with Crippen LogP contribution in [0.1, 0.15) is 11.1 Å². The lowest BCUT2D eigenvalue weighted by molar-refractivity contribution is -0.141. The quantitative estimate of drug-likeness (QED) is 0.818. The molecule has 0 fully saturated rings. The van der Waals surface area contributed by atoms with Gasteiger partial charge in [-0.05, 0) is 29.7 Å². The van der Waals surface area contributed by atoms with Gasteiger partial charge in [0.2, 0.25) is 0 Å². The Morgan fingerprint density at radius 2 is 1.79 bits per heavy atom. The van der Waals surface area contributed by atoms with E-state index in [1.165, 1.54) is 18.2 Å². The van der Waals surface area contributed by atoms with E-state index >= 15 is 0 Å². The molecular formula is C18H18FNO4. The minimum atomic E-state index is -1.07. The molecule has 1 atom stereocenters. The summed E-state index contributed by atoms with van der Waals surface area (Å²) in [5.74, 6) is -2.36. The van der Waals surface area contributed by atoms with Crippen molar-refractivity contribution in [1.29, 1.82) is 0 Å². The molecule has 2 aromatic rings. The van der Waals surface area contributed by atoms with Crippen LogP contribution in [0, 0.1) is 11.7 Å². The predicted octanol–water partition coefficient (Wildman–Crippen LogP) is 3.00. The van der Waals surface area contributed by atoms with E-state index in [9.17, 15) is 19.1 Å². The molecule has 0 bridgehead atoms. The highest BCUT2D eigenvalue weighted by atomic mass is 19.1. The summed E-state index contributed by atoms with van der Waals surface area (Å²) in [6.45, 7) is 0.00772. The van der Waals surface area contributed by atoms with Gasteiger partial charge < -0.3 is 15.2 Å². The first-order valence-electron chi connectivity index (χ1n) is 7.46. The average molecular weight is 331 g/mol. The van der Waals surface area contributed by atoms with E-state index in [2.05, 4.69) is 5.32 Å². The molecule has 0 aliphatic rings. The van der Waals surface area contributed by atoms with Gasteiger partial charge in [0.25, 0.3) is 0 Å². The maximum Gasteiger partial charge on any atom is 0.407 e. The highest BCUT2D eigenvalue weighted by molar-refractivity contribution is 5.72. The van der Waals surface area contributed by atoms with Crippen LogP contribution in [-0.2, 0) is 22.6 Å². The summed E-state index contributed by atoms with van der Waals surface area (Å²) in [5, 5.41) is 11.7. The lowest BCUT2D eigenvalue weighted by atomic mass is 9.99. The Kier molecular flexibility index (Phi) is 6.31. The van der Waals surface area contributed by atoms with Crippen LogP contribution >= 0.6 is 0 Å². The normalized spacial score (nSPS) is 11.5. The number of halogens is 1. The molecule has 0 radical (unpaired) electrons. The van der Waals surface area contributed by atoms with Crippen molar-refractivity contribution in [2.75, 3.05) is 6.54 Å². The number of alkyl carbamates (subject to hydrolysis) is 1. The second-order valence-electron chi connectivity index (χ2n) is 5.31. The van der Waals surface area contributed by atoms with Gasteiger partial charge in [0, 0.05) is 6.54 Å². The predicted molar refractivity (Wildman–Crippen MR) is 85.9 cm³/mol. The Hall–Kier alpha value is -2.89. The van der Waals surface area contributed by atoms with E-state index in [-0.39, 0.29) is 19.6 Å². The fraction of sp³-hybridized carbons (Fsp3) is 0.222. The number of nitrogens with one attached hydrogen (secondary N) is 1. The van der Waals surface area contributed by atoms with Crippen molar-refractivity contribution in [2.45, 2.75) is 13.0 Å². The van der Waals surface area contributed by atoms with Gasteiger partial charge in [-0.2, -0.15) is 0 Å². The number of benzene rings is 2. The van der Waals surface area contributed by atoms with E-state index < -0.39 is 23.8 Å². The van der Waals surface area contributed by atoms with Crippen LogP contribution in [-0.4, -0.2) is 23.7 Å². The van der Waals surface area contributed by atoms with Gasteiger partial charge in [-0.1, -0.05) is 42.5 Å². The molecule has 2 aromatic carbocycles. The van der Waals surface area contributed by atoms with Gasteiger partial charge in [-0.25, -0.2) is 9.18 Å². The van der Waals surface area contributed by atoms with Crippen molar-refractivity contribution in [3.63, 3.8) is 0 Å². The average Bonchev–Trinajstić information content (AvgIpc) is 2.57. The molecule has 24 heavy (non-hydrogen) atoms. The maximum absolute atomic E-state index is 13.2. The summed E-state index contributed by atoms with van der Waals surface area (Å²) in [6, 6.07) is 14.9. The van der Waals surface area contributed by atoms with E-state index in [1.54, 1.807) is 6.07 Å². The number of hydrogen-bond acceptors (Lipinski definition) is 3. The van der Waals surface area contributed by atoms with Crippen molar-refractivity contribution in [3.8, 4) is 0 Å². The number of carbonyl (C=O) groups is 2. The molecule has 5 nitrogen and oxygen atoms in total. The third-order valence-corrected chi connectivity index (χ3v) is 3.43. The first kappa shape index (κ1) is 17.5. The molecule has 126 valence electrons. The summed E-state index contributed by atoms with van der Waals surface area (Å²) in [4.78, 5) is 23.0. The van der Waals surface area contributed by atoms with Gasteiger partial charge in [-0.15, -0.1) is 0 Å². The highest BCUT2D eigenvalue weighted by Gasteiger charge is 2.19. The number of carbonyl (C=O) groups excluding carboxylic acids is 1. The molecule has 2 rings (SSSR count). The zero-order valence-corrected chi connectivity index (χ0v) is 12.9. The van der Waals surface area contributed by atoms with Crippen LogP contribution in [0.25, 0.3) is 0 Å². The fourth-order valence-electron chi connectivity index (χ4n) is 2.18. The molecule has 0 unspecified atom stereocenters. The van der Waals surface area contributed by atoms with Crippen molar-refractivity contribution in [2.24, 2.45) is 5.92 Å². The first-order chi connectivity index (χ1) is 11.5. The zero-order valence-electron chi connectivity index (χ0n) is 12.9. The van der Waals surface area contributed by atoms with Gasteiger partial charge in [0.15, 0.2) is 0 Å². The van der Waals surface area contributed by atoms with Crippen molar-refractivity contribution in [3.05, 3.63) is 71.5 Å². The summed E-state index contributed by atoms with van der Waals surface area (Å²) < 4.78 is 18.2. The largest absolute Gasteiger partial charge is 0.481 e. The Labute approximate surface area is 139 Å². The van der Waals surface area contributed by atoms with E-state index in [0.717, 1.165) is 5.56 Å². The molecule has 0 aliphatic heterocycles. The molecule has 2 N–H and O–H groups in total. The molecule has 0 saturated heterocycles. The van der Waals surface area contributed by atoms with Crippen LogP contribution in [0.3, 0.4) is 0 Å². The minimum absolute atomic E-state index is 0.0977. The Morgan fingerprint density at radius 1 is 1.08 bits per heavy atom. The third kappa shape index (κ3) is 5.72. The number of carboxylic acids is 1. The summed E-state index contributed by atoms with van der Waals surface area (Å²) >= 11 is 0. The molecule has 6 heteroatoms. The lowest BCUT2D eigenvalue weighted by Crippen LogP contribution is -2.34. The minimum Gasteiger partial charge on any atom is -0.481 e. The van der Waals surface area contributed by atoms with E-state index in [0.29, 0.717) is 5.56 Å². The van der Waals surface area contributed by atoms with E-state index in [4.69, 9.17) is 4.74 Å². The maximum atomic E-state index is 13.2. The van der Waals surface area contributed by atoms with Gasteiger partial charge >= 0.3 is 12.1 Å². The second-order valence-corrected chi connectivity index (χ2v) is 5.31. The summed E-state index contributed by atoms with van der Waals surface area (Å²) in [7, 11) is 0. The van der Waals surface area contributed by atoms with Gasteiger partial charge in [-0.3, -0.25) is 4.79 Å². The van der Waals surface area contributed by atoms with Crippen molar-refractivity contribution in [1.82, 2.24) is 5.32 Å². The number of carboxylic acid groups (broad SMARTS) is 1. The number of amides is 1. The topological polar surface area (TPSA) is 75.6 Å². The molecule has 0 saturated carbocycles. The molecule has 0 heterocycles. The third-order valence-electron chi connectivity index (χ3n) is 3.43. The van der Waals surface area contributed by atoms with Crippen LogP contribution < -0.4 is 5.32 Å². The monoisotopic (exact) mass is 331 g/mol. The SMILES string of the molecule is O=C(NC[C@@H](Cc1cccc(F)c1)C(=O)O)OCc1ccccc1. The number of aliphatic carboxylic acids is 1. The zero-order chi connectivity index (χ0) is 17.4. The molecule has 1 amide bonds. The standard InChI is InChI=1S/C18H18FNO4/c19-16-8-4-7-14(10-16)9-15(17(21)22)11-20-18(23)24-12-13-5-2-1-3-6-13/h1-8,10,15H,9,11-12H2,(H,20,23)(H,21,22)/t15-/m1/s1. The van der Waals surface area contributed by atoms with Gasteiger partial charge in [0.1, 0.15) is 12.4 Å². The van der Waals surface area contributed by atoms with E-state index in [1.807, 2.05) is 30.3 Å². The number of rotatable bonds is 7. The molecular weight excluding hydrogens is 313 g/mol. The van der Waals surface area contributed by atoms with Crippen LogP contribution in [0.4, 0.5) is 9.18 Å². The Bertz CT molecular complexity index is 690. The van der Waals surface area contributed by atoms with Gasteiger partial charge in [0.05, 0.1) is 5.92 Å². The fourth-order valence-corrected chi connectivity index (χ4v) is 2.18. The second kappa shape index (κ2) is 8.67. The van der Waals surface area contributed by atoms with Crippen LogP contribution in [0.2, 0.25) is 0 Å². The first-order valence-corrected chi connectivity index (χ1v) is 7.46. The summed E-state index contributed by atoms with van der Waals surface area (Å²) in [6.07, 6.45) is -0.573. The Balaban J connectivity index is 1.82. The number of ether oxygens (including phenoxy) is 1. The van der Waals surface area contributed by atoms with Crippen LogP contribution in [0.5, 0.6) is 0 Å². The molecule has 0 aliphatic carbocycles. The highest BCUT2D eigenvalue weighted by Crippen LogP contribution is 2.11. The van der Waals surface area contributed by atoms with Crippen molar-refractivity contribution < 1.29 is 23.8 Å². The molecule has 0 aromatic heterocycles. The lowest BCUT2D eigenvalue weighted by Gasteiger charge is -2.14. The molecule has 0 spiro atoms.